The number of hydrogen-bond acceptors (Lipinski definition) is 6. The Labute approximate surface area is 161 Å². The number of benzene rings is 1. The highest BCUT2D eigenvalue weighted by molar-refractivity contribution is 7.22. The standard InChI is InChI=1S/C17H13ClN2O6S/c1-20(17(24)19-10-4-3-8(18)5-11(10)25-2)14-7-12-13(27-14)6-9(15(21)22)16(23)26-12/h3-7H,1-2H3,(H,19,24)(H,21,22). The van der Waals surface area contributed by atoms with Gasteiger partial charge >= 0.3 is 17.6 Å². The molecule has 0 bridgehead atoms. The lowest BCUT2D eigenvalue weighted by atomic mass is 10.3. The van der Waals surface area contributed by atoms with Crippen LogP contribution >= 0.6 is 22.9 Å². The molecule has 8 nitrogen and oxygen atoms in total. The lowest BCUT2D eigenvalue weighted by molar-refractivity contribution is 0.0692. The van der Waals surface area contributed by atoms with Crippen LogP contribution in [0.3, 0.4) is 0 Å². The molecule has 2 heterocycles. The summed E-state index contributed by atoms with van der Waals surface area (Å²) in [6.07, 6.45) is 0. The van der Waals surface area contributed by atoms with Crippen LogP contribution in [0.25, 0.3) is 10.3 Å². The number of nitrogens with zero attached hydrogens (tertiary/aromatic N) is 1. The Hall–Kier alpha value is -3.04. The average Bonchev–Trinajstić information content (AvgIpc) is 3.04. The number of carbonyl (C=O) groups excluding carboxylic acids is 1. The summed E-state index contributed by atoms with van der Waals surface area (Å²) in [6, 6.07) is 7.04. The number of carboxylic acids is 1. The summed E-state index contributed by atoms with van der Waals surface area (Å²) in [6.45, 7) is 0. The molecule has 10 heteroatoms. The highest BCUT2D eigenvalue weighted by atomic mass is 35.5. The first kappa shape index (κ1) is 18.7. The lowest BCUT2D eigenvalue weighted by Gasteiger charge is -2.17. The molecule has 3 rings (SSSR count). The summed E-state index contributed by atoms with van der Waals surface area (Å²) >= 11 is 7.02. The van der Waals surface area contributed by atoms with Gasteiger partial charge in [-0.3, -0.25) is 4.90 Å². The van der Waals surface area contributed by atoms with Crippen LogP contribution in [0.4, 0.5) is 15.5 Å². The Kier molecular flexibility index (Phi) is 5.06. The quantitative estimate of drug-likeness (QED) is 0.678. The second-order valence-corrected chi connectivity index (χ2v) is 6.90. The monoisotopic (exact) mass is 408 g/mol. The maximum Gasteiger partial charge on any atom is 0.351 e. The van der Waals surface area contributed by atoms with Crippen LogP contribution in [-0.2, 0) is 0 Å². The van der Waals surface area contributed by atoms with Gasteiger partial charge in [-0.1, -0.05) is 11.6 Å². The van der Waals surface area contributed by atoms with Crippen molar-refractivity contribution in [3.05, 3.63) is 51.3 Å². The number of hydrogen-bond donors (Lipinski definition) is 2. The molecule has 0 saturated heterocycles. The van der Waals surface area contributed by atoms with E-state index >= 15 is 0 Å². The molecule has 2 amide bonds. The number of methoxy groups -OCH3 is 1. The number of urea groups is 1. The van der Waals surface area contributed by atoms with E-state index in [2.05, 4.69) is 5.32 Å². The highest BCUT2D eigenvalue weighted by Gasteiger charge is 2.19. The van der Waals surface area contributed by atoms with Gasteiger partial charge in [0.1, 0.15) is 16.3 Å². The molecule has 0 spiro atoms. The predicted octanol–water partition coefficient (Wildman–Crippen LogP) is 3.88. The minimum absolute atomic E-state index is 0.203. The van der Waals surface area contributed by atoms with E-state index in [-0.39, 0.29) is 5.58 Å². The molecule has 0 radical (unpaired) electrons. The molecule has 27 heavy (non-hydrogen) atoms. The first-order valence-corrected chi connectivity index (χ1v) is 8.69. The molecule has 0 aliphatic heterocycles. The number of thiophene rings is 1. The van der Waals surface area contributed by atoms with Crippen LogP contribution in [0.2, 0.25) is 5.02 Å². The van der Waals surface area contributed by atoms with E-state index < -0.39 is 23.2 Å². The van der Waals surface area contributed by atoms with Crippen LogP contribution in [-0.4, -0.2) is 31.3 Å². The summed E-state index contributed by atoms with van der Waals surface area (Å²) in [5.41, 5.74) is -0.778. The molecule has 2 aromatic heterocycles. The smallest absolute Gasteiger partial charge is 0.351 e. The third-order valence-electron chi connectivity index (χ3n) is 3.68. The van der Waals surface area contributed by atoms with Crippen LogP contribution in [0.5, 0.6) is 5.75 Å². The van der Waals surface area contributed by atoms with Gasteiger partial charge in [0, 0.05) is 24.2 Å². The van der Waals surface area contributed by atoms with E-state index in [1.165, 1.54) is 31.2 Å². The van der Waals surface area contributed by atoms with E-state index in [9.17, 15) is 14.4 Å². The third kappa shape index (κ3) is 3.74. The van der Waals surface area contributed by atoms with Gasteiger partial charge in [-0.2, -0.15) is 0 Å². The number of nitrogens with one attached hydrogen (secondary N) is 1. The first-order chi connectivity index (χ1) is 12.8. The number of ether oxygens (including phenoxy) is 1. The van der Waals surface area contributed by atoms with Crippen molar-refractivity contribution in [1.29, 1.82) is 0 Å². The van der Waals surface area contributed by atoms with Crippen molar-refractivity contribution in [1.82, 2.24) is 0 Å². The molecular weight excluding hydrogens is 396 g/mol. The maximum absolute atomic E-state index is 12.5. The van der Waals surface area contributed by atoms with Crippen molar-refractivity contribution in [2.45, 2.75) is 0 Å². The van der Waals surface area contributed by atoms with Crippen molar-refractivity contribution >= 4 is 55.9 Å². The van der Waals surface area contributed by atoms with E-state index in [0.717, 1.165) is 11.3 Å². The number of rotatable bonds is 4. The number of halogens is 1. The molecule has 1 aromatic carbocycles. The third-order valence-corrected chi connectivity index (χ3v) is 5.06. The van der Waals surface area contributed by atoms with Crippen molar-refractivity contribution in [3.8, 4) is 5.75 Å². The van der Waals surface area contributed by atoms with Gasteiger partial charge in [0.15, 0.2) is 5.58 Å². The van der Waals surface area contributed by atoms with Gasteiger partial charge in [-0.25, -0.2) is 14.4 Å². The second kappa shape index (κ2) is 7.29. The zero-order valence-corrected chi connectivity index (χ0v) is 15.7. The van der Waals surface area contributed by atoms with Crippen molar-refractivity contribution in [3.63, 3.8) is 0 Å². The average molecular weight is 409 g/mol. The lowest BCUT2D eigenvalue weighted by Crippen LogP contribution is -2.30. The van der Waals surface area contributed by atoms with Crippen molar-refractivity contribution in [2.24, 2.45) is 0 Å². The number of fused-ring (bicyclic) bond motifs is 1. The molecule has 140 valence electrons. The summed E-state index contributed by atoms with van der Waals surface area (Å²) < 4.78 is 10.6. The SMILES string of the molecule is COc1cc(Cl)ccc1NC(=O)N(C)c1cc2oc(=O)c(C(=O)O)cc2s1. The van der Waals surface area contributed by atoms with E-state index in [1.807, 2.05) is 0 Å². The summed E-state index contributed by atoms with van der Waals surface area (Å²) in [5.74, 6) is -0.973. The molecule has 0 unspecified atom stereocenters. The van der Waals surface area contributed by atoms with Gasteiger partial charge in [0.25, 0.3) is 0 Å². The molecule has 3 aromatic rings. The maximum atomic E-state index is 12.5. The Morgan fingerprint density at radius 2 is 2.04 bits per heavy atom. The van der Waals surface area contributed by atoms with E-state index in [1.54, 1.807) is 18.2 Å². The van der Waals surface area contributed by atoms with Crippen molar-refractivity contribution in [2.75, 3.05) is 24.4 Å². The number of aromatic carboxylic acids is 1. The molecule has 0 atom stereocenters. The van der Waals surface area contributed by atoms with E-state index in [4.69, 9.17) is 25.9 Å². The van der Waals surface area contributed by atoms with Gasteiger partial charge in [0.2, 0.25) is 0 Å². The normalized spacial score (nSPS) is 10.6. The van der Waals surface area contributed by atoms with E-state index in [0.29, 0.717) is 26.2 Å². The first-order valence-electron chi connectivity index (χ1n) is 7.49. The zero-order valence-electron chi connectivity index (χ0n) is 14.1. The minimum atomic E-state index is -1.37. The Bertz CT molecular complexity index is 1110. The van der Waals surface area contributed by atoms with Crippen LogP contribution in [0.1, 0.15) is 10.4 Å². The second-order valence-electron chi connectivity index (χ2n) is 5.40. The number of amides is 2. The molecular formula is C17H13ClN2O6S. The molecule has 0 aliphatic rings. The summed E-state index contributed by atoms with van der Waals surface area (Å²) in [5, 5.41) is 12.6. The molecule has 2 N–H and O–H groups in total. The Morgan fingerprint density at radius 3 is 2.70 bits per heavy atom. The zero-order chi connectivity index (χ0) is 19.7. The van der Waals surface area contributed by atoms with Gasteiger partial charge in [0.05, 0.1) is 17.5 Å². The Morgan fingerprint density at radius 1 is 1.30 bits per heavy atom. The number of carboxylic acid groups (broad SMARTS) is 1. The summed E-state index contributed by atoms with van der Waals surface area (Å²) in [4.78, 5) is 36.6. The van der Waals surface area contributed by atoms with Crippen LogP contribution in [0, 0.1) is 0 Å². The van der Waals surface area contributed by atoms with Gasteiger partial charge < -0.3 is 19.6 Å². The topological polar surface area (TPSA) is 109 Å². The Balaban J connectivity index is 1.89. The fourth-order valence-corrected chi connectivity index (χ4v) is 3.43. The largest absolute Gasteiger partial charge is 0.495 e. The number of anilines is 2. The fraction of sp³-hybridized carbons (Fsp3) is 0.118. The highest BCUT2D eigenvalue weighted by Crippen LogP contribution is 2.33. The minimum Gasteiger partial charge on any atom is -0.495 e. The van der Waals surface area contributed by atoms with Crippen LogP contribution in [0.15, 0.2) is 39.5 Å². The van der Waals surface area contributed by atoms with Crippen molar-refractivity contribution < 1.29 is 23.8 Å². The molecule has 0 saturated carbocycles. The van der Waals surface area contributed by atoms with Gasteiger partial charge in [-0.05, 0) is 18.2 Å². The predicted molar refractivity (Wildman–Crippen MR) is 103 cm³/mol. The van der Waals surface area contributed by atoms with Gasteiger partial charge in [-0.15, -0.1) is 11.3 Å². The summed E-state index contributed by atoms with van der Waals surface area (Å²) in [7, 11) is 2.98. The molecule has 0 fully saturated rings. The fourth-order valence-electron chi connectivity index (χ4n) is 2.28. The number of carbonyl (C=O) groups is 2. The molecule has 0 aliphatic carbocycles. The van der Waals surface area contributed by atoms with Crippen LogP contribution < -0.4 is 20.6 Å².